The normalized spacial score (nSPS) is 11.3. The van der Waals surface area contributed by atoms with Gasteiger partial charge in [0.15, 0.2) is 0 Å². The van der Waals surface area contributed by atoms with Crippen LogP contribution in [0.5, 0.6) is 0 Å². The molecule has 0 atom stereocenters. The molecule has 0 unspecified atom stereocenters. The SMILES string of the molecule is N#Cc1cc(-c2ccc3oc4ccccc4c3c2)ccc1-c1c(C#N)cccc1-n1c2ccccc2c2ccccc21. The Kier molecular flexibility index (Phi) is 5.22. The largest absolute Gasteiger partial charge is 0.456 e. The predicted octanol–water partition coefficient (Wildman–Crippen LogP) is 9.76. The van der Waals surface area contributed by atoms with E-state index < -0.39 is 0 Å². The molecule has 2 heterocycles. The molecule has 4 nitrogen and oxygen atoms in total. The summed E-state index contributed by atoms with van der Waals surface area (Å²) in [7, 11) is 0. The molecule has 0 saturated heterocycles. The number of hydrogen-bond donors (Lipinski definition) is 0. The minimum absolute atomic E-state index is 0.509. The van der Waals surface area contributed by atoms with E-state index in [4.69, 9.17) is 4.42 Å². The van der Waals surface area contributed by atoms with E-state index >= 15 is 0 Å². The molecule has 0 N–H and O–H groups in total. The van der Waals surface area contributed by atoms with Gasteiger partial charge >= 0.3 is 0 Å². The van der Waals surface area contributed by atoms with Crippen LogP contribution in [-0.2, 0) is 0 Å². The van der Waals surface area contributed by atoms with Crippen molar-refractivity contribution in [1.29, 1.82) is 10.5 Å². The number of para-hydroxylation sites is 3. The molecule has 0 aliphatic carbocycles. The molecule has 194 valence electrons. The molecule has 0 aliphatic rings. The highest BCUT2D eigenvalue weighted by molar-refractivity contribution is 6.10. The van der Waals surface area contributed by atoms with E-state index in [2.05, 4.69) is 53.1 Å². The van der Waals surface area contributed by atoms with Gasteiger partial charge in [0.25, 0.3) is 0 Å². The third-order valence-corrected chi connectivity index (χ3v) is 8.10. The second-order valence-electron chi connectivity index (χ2n) is 10.4. The third-order valence-electron chi connectivity index (χ3n) is 8.10. The van der Waals surface area contributed by atoms with Gasteiger partial charge in [0.1, 0.15) is 11.2 Å². The number of aromatic nitrogens is 1. The van der Waals surface area contributed by atoms with Crippen LogP contribution in [0.25, 0.3) is 71.7 Å². The minimum Gasteiger partial charge on any atom is -0.456 e. The van der Waals surface area contributed by atoms with Crippen molar-refractivity contribution in [1.82, 2.24) is 4.57 Å². The monoisotopic (exact) mass is 535 g/mol. The van der Waals surface area contributed by atoms with Crippen molar-refractivity contribution in [2.45, 2.75) is 0 Å². The smallest absolute Gasteiger partial charge is 0.135 e. The average molecular weight is 536 g/mol. The van der Waals surface area contributed by atoms with Crippen LogP contribution in [0.3, 0.4) is 0 Å². The number of hydrogen-bond acceptors (Lipinski definition) is 3. The number of furan rings is 1. The summed E-state index contributed by atoms with van der Waals surface area (Å²) in [4.78, 5) is 0. The topological polar surface area (TPSA) is 65.7 Å². The van der Waals surface area contributed by atoms with Crippen molar-refractivity contribution < 1.29 is 4.42 Å². The Morgan fingerprint density at radius 2 is 1.12 bits per heavy atom. The molecule has 0 spiro atoms. The van der Waals surface area contributed by atoms with Crippen LogP contribution in [0.4, 0.5) is 0 Å². The van der Waals surface area contributed by atoms with Crippen molar-refractivity contribution in [3.8, 4) is 40.1 Å². The molecule has 8 rings (SSSR count). The van der Waals surface area contributed by atoms with Gasteiger partial charge < -0.3 is 8.98 Å². The summed E-state index contributed by atoms with van der Waals surface area (Å²) in [5.74, 6) is 0. The number of rotatable bonds is 3. The molecule has 2 aromatic heterocycles. The van der Waals surface area contributed by atoms with Crippen LogP contribution in [0.1, 0.15) is 11.1 Å². The summed E-state index contributed by atoms with van der Waals surface area (Å²) in [6.45, 7) is 0. The summed E-state index contributed by atoms with van der Waals surface area (Å²) in [6, 6.07) is 47.2. The highest BCUT2D eigenvalue weighted by Gasteiger charge is 2.20. The third kappa shape index (κ3) is 3.47. The summed E-state index contributed by atoms with van der Waals surface area (Å²) in [5.41, 5.74) is 9.05. The summed E-state index contributed by atoms with van der Waals surface area (Å²) >= 11 is 0. The van der Waals surface area contributed by atoms with Crippen LogP contribution < -0.4 is 0 Å². The minimum atomic E-state index is 0.509. The maximum Gasteiger partial charge on any atom is 0.135 e. The lowest BCUT2D eigenvalue weighted by atomic mass is 9.91. The zero-order valence-electron chi connectivity index (χ0n) is 22.4. The summed E-state index contributed by atoms with van der Waals surface area (Å²) < 4.78 is 8.22. The molecular formula is C38H21N3O. The van der Waals surface area contributed by atoms with Crippen LogP contribution >= 0.6 is 0 Å². The van der Waals surface area contributed by atoms with Gasteiger partial charge in [-0.1, -0.05) is 78.9 Å². The molecule has 0 saturated carbocycles. The van der Waals surface area contributed by atoms with E-state index in [0.717, 1.165) is 71.7 Å². The van der Waals surface area contributed by atoms with Gasteiger partial charge in [-0.25, -0.2) is 0 Å². The van der Waals surface area contributed by atoms with E-state index in [1.54, 1.807) is 0 Å². The second-order valence-corrected chi connectivity index (χ2v) is 10.4. The molecule has 0 amide bonds. The van der Waals surface area contributed by atoms with Crippen molar-refractivity contribution in [3.05, 3.63) is 139 Å². The Hall–Kier alpha value is -6.10. The summed E-state index contributed by atoms with van der Waals surface area (Å²) in [5, 5.41) is 25.0. The lowest BCUT2D eigenvalue weighted by Gasteiger charge is -2.17. The molecule has 8 aromatic rings. The lowest BCUT2D eigenvalue weighted by Crippen LogP contribution is -2.00. The fraction of sp³-hybridized carbons (Fsp3) is 0. The Morgan fingerprint density at radius 1 is 0.500 bits per heavy atom. The van der Waals surface area contributed by atoms with Gasteiger partial charge in [-0.15, -0.1) is 0 Å². The Bertz CT molecular complexity index is 2390. The lowest BCUT2D eigenvalue weighted by molar-refractivity contribution is 0.669. The zero-order valence-corrected chi connectivity index (χ0v) is 22.4. The first kappa shape index (κ1) is 23.8. The standard InChI is InChI=1S/C38H21N3O/c39-22-26-8-7-14-35(41-33-12-4-1-9-29(33)30-10-2-5-13-34(30)41)38(26)28-18-16-24(20-27(28)23-40)25-17-19-37-32(21-25)31-11-3-6-15-36(31)42-37/h1-21H. The van der Waals surface area contributed by atoms with Gasteiger partial charge in [-0.05, 0) is 59.7 Å². The molecule has 6 aromatic carbocycles. The first-order valence-corrected chi connectivity index (χ1v) is 13.7. The maximum atomic E-state index is 10.4. The Morgan fingerprint density at radius 3 is 1.86 bits per heavy atom. The van der Waals surface area contributed by atoms with Gasteiger partial charge in [0.05, 0.1) is 40.0 Å². The first-order valence-electron chi connectivity index (χ1n) is 13.7. The average Bonchev–Trinajstić information content (AvgIpc) is 3.59. The Labute approximate surface area is 241 Å². The van der Waals surface area contributed by atoms with Gasteiger partial charge in [-0.2, -0.15) is 10.5 Å². The fourth-order valence-corrected chi connectivity index (χ4v) is 6.22. The van der Waals surface area contributed by atoms with Gasteiger partial charge in [-0.3, -0.25) is 0 Å². The predicted molar refractivity (Wildman–Crippen MR) is 168 cm³/mol. The number of nitrogens with zero attached hydrogens (tertiary/aromatic N) is 3. The van der Waals surface area contributed by atoms with E-state index in [0.29, 0.717) is 11.1 Å². The van der Waals surface area contributed by atoms with Gasteiger partial charge in [0, 0.05) is 32.7 Å². The molecule has 42 heavy (non-hydrogen) atoms. The van der Waals surface area contributed by atoms with Crippen LogP contribution in [0.15, 0.2) is 132 Å². The van der Waals surface area contributed by atoms with Crippen LogP contribution in [0, 0.1) is 22.7 Å². The number of benzene rings is 6. The van der Waals surface area contributed by atoms with Crippen molar-refractivity contribution in [2.24, 2.45) is 0 Å². The molecule has 0 bridgehead atoms. The highest BCUT2D eigenvalue weighted by atomic mass is 16.3. The van der Waals surface area contributed by atoms with E-state index in [1.807, 2.05) is 91.0 Å². The maximum absolute atomic E-state index is 10.4. The van der Waals surface area contributed by atoms with Crippen LogP contribution in [-0.4, -0.2) is 4.57 Å². The van der Waals surface area contributed by atoms with E-state index in [9.17, 15) is 10.5 Å². The second kappa shape index (κ2) is 9.24. The Balaban J connectivity index is 1.35. The number of fused-ring (bicyclic) bond motifs is 6. The van der Waals surface area contributed by atoms with Crippen molar-refractivity contribution in [2.75, 3.05) is 0 Å². The fourth-order valence-electron chi connectivity index (χ4n) is 6.22. The van der Waals surface area contributed by atoms with Crippen molar-refractivity contribution >= 4 is 43.7 Å². The quantitative estimate of drug-likeness (QED) is 0.226. The van der Waals surface area contributed by atoms with E-state index in [-0.39, 0.29) is 0 Å². The highest BCUT2D eigenvalue weighted by Crippen LogP contribution is 2.40. The summed E-state index contributed by atoms with van der Waals surface area (Å²) in [6.07, 6.45) is 0. The first-order chi connectivity index (χ1) is 20.7. The number of nitriles is 2. The van der Waals surface area contributed by atoms with Crippen molar-refractivity contribution in [3.63, 3.8) is 0 Å². The molecule has 4 heteroatoms. The van der Waals surface area contributed by atoms with Gasteiger partial charge in [0.2, 0.25) is 0 Å². The molecular weight excluding hydrogens is 514 g/mol. The van der Waals surface area contributed by atoms with E-state index in [1.165, 1.54) is 0 Å². The zero-order chi connectivity index (χ0) is 28.2. The molecule has 0 aliphatic heterocycles. The molecule has 0 radical (unpaired) electrons. The molecule has 0 fully saturated rings. The van der Waals surface area contributed by atoms with Crippen LogP contribution in [0.2, 0.25) is 0 Å².